The lowest BCUT2D eigenvalue weighted by molar-refractivity contribution is 0.414. The van der Waals surface area contributed by atoms with Gasteiger partial charge in [0.25, 0.3) is 9.68 Å². The fourth-order valence-corrected chi connectivity index (χ4v) is 1.61. The molecule has 0 unspecified atom stereocenters. The molecule has 19 heavy (non-hydrogen) atoms. The molecule has 0 aliphatic heterocycles. The number of ether oxygens (including phenoxy) is 1. The number of nitrogens with zero attached hydrogens (tertiary/aromatic N) is 2. The molecule has 0 spiro atoms. The predicted molar refractivity (Wildman–Crippen MR) is 75.5 cm³/mol. The lowest BCUT2D eigenvalue weighted by atomic mass is 10.2. The number of halogens is 3. The standard InChI is InChI=1S/C12H9Cl3N2O2/c1-18-9-5-3-2-4-8(9)6-7-10-16-17-11(19-10)12(13,14)15/h2-7H,1H3/b7-6+. The maximum atomic E-state index is 5.63. The minimum Gasteiger partial charge on any atom is -0.496 e. The van der Waals surface area contributed by atoms with Gasteiger partial charge in [-0.2, -0.15) is 0 Å². The smallest absolute Gasteiger partial charge is 0.268 e. The van der Waals surface area contributed by atoms with E-state index < -0.39 is 3.79 Å². The van der Waals surface area contributed by atoms with Crippen LogP contribution in [0.2, 0.25) is 0 Å². The molecule has 0 amide bonds. The van der Waals surface area contributed by atoms with E-state index in [4.69, 9.17) is 44.0 Å². The van der Waals surface area contributed by atoms with Crippen molar-refractivity contribution in [2.75, 3.05) is 7.11 Å². The van der Waals surface area contributed by atoms with Crippen LogP contribution in [0.4, 0.5) is 0 Å². The molecule has 7 heteroatoms. The summed E-state index contributed by atoms with van der Waals surface area (Å²) in [5, 5.41) is 7.40. The second-order valence-corrected chi connectivity index (χ2v) is 5.80. The number of methoxy groups -OCH3 is 1. The molecule has 1 aromatic carbocycles. The van der Waals surface area contributed by atoms with Crippen molar-refractivity contribution >= 4 is 47.0 Å². The van der Waals surface area contributed by atoms with E-state index in [0.29, 0.717) is 0 Å². The topological polar surface area (TPSA) is 48.2 Å². The van der Waals surface area contributed by atoms with Crippen molar-refractivity contribution in [3.8, 4) is 5.75 Å². The van der Waals surface area contributed by atoms with Gasteiger partial charge in [-0.3, -0.25) is 0 Å². The van der Waals surface area contributed by atoms with E-state index in [1.165, 1.54) is 0 Å². The Balaban J connectivity index is 2.21. The van der Waals surface area contributed by atoms with Gasteiger partial charge in [-0.05, 0) is 12.1 Å². The van der Waals surface area contributed by atoms with E-state index >= 15 is 0 Å². The van der Waals surface area contributed by atoms with E-state index in [2.05, 4.69) is 10.2 Å². The Morgan fingerprint density at radius 3 is 2.53 bits per heavy atom. The first kappa shape index (κ1) is 14.2. The van der Waals surface area contributed by atoms with Gasteiger partial charge in [-0.1, -0.05) is 53.0 Å². The van der Waals surface area contributed by atoms with Gasteiger partial charge in [0.05, 0.1) is 7.11 Å². The normalized spacial score (nSPS) is 12.0. The molecule has 0 aliphatic carbocycles. The second kappa shape index (κ2) is 5.82. The van der Waals surface area contributed by atoms with Gasteiger partial charge >= 0.3 is 0 Å². The largest absolute Gasteiger partial charge is 0.496 e. The zero-order valence-electron chi connectivity index (χ0n) is 9.81. The van der Waals surface area contributed by atoms with Crippen LogP contribution in [0.3, 0.4) is 0 Å². The molecular weight excluding hydrogens is 311 g/mol. The zero-order chi connectivity index (χ0) is 13.9. The molecule has 2 aromatic rings. The molecule has 0 saturated heterocycles. The molecule has 1 heterocycles. The third-order valence-corrected chi connectivity index (χ3v) is 2.71. The highest BCUT2D eigenvalue weighted by Crippen LogP contribution is 2.37. The van der Waals surface area contributed by atoms with Crippen molar-refractivity contribution in [2.24, 2.45) is 0 Å². The van der Waals surface area contributed by atoms with Crippen LogP contribution in [0.15, 0.2) is 28.7 Å². The Labute approximate surface area is 124 Å². The summed E-state index contributed by atoms with van der Waals surface area (Å²) in [6.45, 7) is 0. The Kier molecular flexibility index (Phi) is 4.34. The first-order valence-corrected chi connectivity index (χ1v) is 6.36. The first-order chi connectivity index (χ1) is 9.00. The molecule has 0 N–H and O–H groups in total. The van der Waals surface area contributed by atoms with Crippen LogP contribution >= 0.6 is 34.8 Å². The summed E-state index contributed by atoms with van der Waals surface area (Å²) in [6, 6.07) is 7.51. The van der Waals surface area contributed by atoms with Crippen LogP contribution in [0.25, 0.3) is 12.2 Å². The predicted octanol–water partition coefficient (Wildman–Crippen LogP) is 4.08. The molecule has 0 bridgehead atoms. The lowest BCUT2D eigenvalue weighted by Gasteiger charge is -2.03. The molecule has 2 rings (SSSR count). The summed E-state index contributed by atoms with van der Waals surface area (Å²) in [5.41, 5.74) is 0.874. The van der Waals surface area contributed by atoms with Gasteiger partial charge in [0.2, 0.25) is 5.89 Å². The van der Waals surface area contributed by atoms with Gasteiger partial charge < -0.3 is 9.15 Å². The highest BCUT2D eigenvalue weighted by molar-refractivity contribution is 6.66. The van der Waals surface area contributed by atoms with Crippen molar-refractivity contribution in [3.05, 3.63) is 41.6 Å². The average molecular weight is 320 g/mol. The number of hydrogen-bond acceptors (Lipinski definition) is 4. The summed E-state index contributed by atoms with van der Waals surface area (Å²) in [7, 11) is 1.60. The molecule has 0 radical (unpaired) electrons. The van der Waals surface area contributed by atoms with Crippen molar-refractivity contribution < 1.29 is 9.15 Å². The number of alkyl halides is 3. The van der Waals surface area contributed by atoms with E-state index in [0.717, 1.165) is 11.3 Å². The van der Waals surface area contributed by atoms with E-state index in [9.17, 15) is 0 Å². The molecule has 0 atom stereocenters. The summed E-state index contributed by atoms with van der Waals surface area (Å²) in [6.07, 6.45) is 3.39. The minimum absolute atomic E-state index is 0.0721. The Hall–Kier alpha value is -1.23. The van der Waals surface area contributed by atoms with Crippen molar-refractivity contribution in [1.29, 1.82) is 0 Å². The van der Waals surface area contributed by atoms with Gasteiger partial charge in [0.15, 0.2) is 0 Å². The zero-order valence-corrected chi connectivity index (χ0v) is 12.1. The van der Waals surface area contributed by atoms with Gasteiger partial charge in [-0.15, -0.1) is 10.2 Å². The Morgan fingerprint density at radius 2 is 1.89 bits per heavy atom. The van der Waals surface area contributed by atoms with Crippen LogP contribution < -0.4 is 4.74 Å². The summed E-state index contributed by atoms with van der Waals surface area (Å²) in [5.74, 6) is 0.907. The number of rotatable bonds is 3. The summed E-state index contributed by atoms with van der Waals surface area (Å²) < 4.78 is 8.69. The molecule has 1 aromatic heterocycles. The van der Waals surface area contributed by atoms with E-state index in [1.807, 2.05) is 24.3 Å². The highest BCUT2D eigenvalue weighted by Gasteiger charge is 2.29. The lowest BCUT2D eigenvalue weighted by Crippen LogP contribution is -1.99. The highest BCUT2D eigenvalue weighted by atomic mass is 35.6. The number of benzene rings is 1. The molecule has 0 aliphatic rings. The summed E-state index contributed by atoms with van der Waals surface area (Å²) in [4.78, 5) is 0. The first-order valence-electron chi connectivity index (χ1n) is 5.22. The van der Waals surface area contributed by atoms with Crippen LogP contribution in [-0.2, 0) is 3.79 Å². The molecule has 0 saturated carbocycles. The molecular formula is C12H9Cl3N2O2. The van der Waals surface area contributed by atoms with Crippen LogP contribution in [0.1, 0.15) is 17.3 Å². The molecule has 4 nitrogen and oxygen atoms in total. The van der Waals surface area contributed by atoms with Gasteiger partial charge in [-0.25, -0.2) is 0 Å². The Bertz CT molecular complexity index is 591. The fourth-order valence-electron chi connectivity index (χ4n) is 1.38. The SMILES string of the molecule is COc1ccccc1/C=C/c1nnc(C(Cl)(Cl)Cl)o1. The monoisotopic (exact) mass is 318 g/mol. The van der Waals surface area contributed by atoms with Crippen LogP contribution in [-0.4, -0.2) is 17.3 Å². The maximum Gasteiger partial charge on any atom is 0.268 e. The molecule has 100 valence electrons. The third-order valence-electron chi connectivity index (χ3n) is 2.23. The maximum absolute atomic E-state index is 5.63. The quantitative estimate of drug-likeness (QED) is 0.800. The number of para-hydroxylation sites is 1. The van der Waals surface area contributed by atoms with Gasteiger partial charge in [0.1, 0.15) is 5.75 Å². The van der Waals surface area contributed by atoms with Crippen molar-refractivity contribution in [3.63, 3.8) is 0 Å². The summed E-state index contributed by atoms with van der Waals surface area (Å²) >= 11 is 16.9. The fraction of sp³-hybridized carbons (Fsp3) is 0.167. The third kappa shape index (κ3) is 3.62. The minimum atomic E-state index is -1.72. The van der Waals surface area contributed by atoms with Crippen molar-refractivity contribution in [2.45, 2.75) is 3.79 Å². The van der Waals surface area contributed by atoms with Crippen LogP contribution in [0.5, 0.6) is 5.75 Å². The van der Waals surface area contributed by atoms with Crippen LogP contribution in [0, 0.1) is 0 Å². The van der Waals surface area contributed by atoms with E-state index in [-0.39, 0.29) is 11.8 Å². The van der Waals surface area contributed by atoms with E-state index in [1.54, 1.807) is 19.3 Å². The van der Waals surface area contributed by atoms with Gasteiger partial charge in [0, 0.05) is 11.6 Å². The number of aromatic nitrogens is 2. The second-order valence-electron chi connectivity index (χ2n) is 3.52. The number of hydrogen-bond donors (Lipinski definition) is 0. The molecule has 0 fully saturated rings. The average Bonchev–Trinajstić information content (AvgIpc) is 2.85. The Morgan fingerprint density at radius 1 is 1.16 bits per heavy atom. The van der Waals surface area contributed by atoms with Crippen molar-refractivity contribution in [1.82, 2.24) is 10.2 Å².